The van der Waals surface area contributed by atoms with Crippen molar-refractivity contribution >= 4 is 33.1 Å². The van der Waals surface area contributed by atoms with E-state index in [4.69, 9.17) is 11.6 Å². The molecular weight excluding hydrogens is 348 g/mol. The highest BCUT2D eigenvalue weighted by Crippen LogP contribution is 2.38. The van der Waals surface area contributed by atoms with Crippen LogP contribution in [-0.4, -0.2) is 0 Å². The number of hydrogen-bond acceptors (Lipinski definition) is 0. The van der Waals surface area contributed by atoms with E-state index in [1.807, 2.05) is 24.3 Å². The van der Waals surface area contributed by atoms with Crippen molar-refractivity contribution in [1.82, 2.24) is 0 Å². The van der Waals surface area contributed by atoms with Crippen molar-refractivity contribution in [3.8, 4) is 22.3 Å². The third-order valence-corrected chi connectivity index (χ3v) is 5.46. The number of rotatable bonds is 2. The van der Waals surface area contributed by atoms with Crippen molar-refractivity contribution in [2.45, 2.75) is 0 Å². The minimum absolute atomic E-state index is 0.773. The molecule has 0 bridgehead atoms. The Hall–Kier alpha value is -3.09. The first-order valence-electron chi connectivity index (χ1n) is 9.07. The zero-order valence-electron chi connectivity index (χ0n) is 14.7. The summed E-state index contributed by atoms with van der Waals surface area (Å²) in [4.78, 5) is 0. The summed E-state index contributed by atoms with van der Waals surface area (Å²) in [6.45, 7) is 0. The van der Waals surface area contributed by atoms with E-state index in [1.54, 1.807) is 0 Å². The predicted octanol–water partition coefficient (Wildman–Crippen LogP) is 7.98. The summed E-state index contributed by atoms with van der Waals surface area (Å²) in [5, 5.41) is 5.85. The van der Waals surface area contributed by atoms with E-state index in [9.17, 15) is 0 Å². The predicted molar refractivity (Wildman–Crippen MR) is 117 cm³/mol. The maximum Gasteiger partial charge on any atom is 0.0484 e. The summed E-state index contributed by atoms with van der Waals surface area (Å²) in [6, 6.07) is 36.1. The van der Waals surface area contributed by atoms with Crippen LogP contribution in [0.15, 0.2) is 103 Å². The van der Waals surface area contributed by atoms with E-state index in [-0.39, 0.29) is 0 Å². The number of hydrogen-bond donors (Lipinski definition) is 0. The standard InChI is InChI=1S/C26H17Cl/c27-26-15-14-20(17-25(26)18-8-2-1-3-9-18)24-16-19-10-4-5-11-21(19)22-12-6-7-13-23(22)24/h1-17H. The van der Waals surface area contributed by atoms with Crippen molar-refractivity contribution in [2.24, 2.45) is 0 Å². The monoisotopic (exact) mass is 364 g/mol. The highest BCUT2D eigenvalue weighted by molar-refractivity contribution is 6.33. The smallest absolute Gasteiger partial charge is 0.0484 e. The van der Waals surface area contributed by atoms with Crippen molar-refractivity contribution in [3.63, 3.8) is 0 Å². The third kappa shape index (κ3) is 2.79. The molecule has 0 N–H and O–H groups in total. The summed E-state index contributed by atoms with van der Waals surface area (Å²) in [7, 11) is 0. The van der Waals surface area contributed by atoms with Gasteiger partial charge in [0.15, 0.2) is 0 Å². The fourth-order valence-corrected chi connectivity index (χ4v) is 4.05. The van der Waals surface area contributed by atoms with Gasteiger partial charge in [-0.15, -0.1) is 0 Å². The summed E-state index contributed by atoms with van der Waals surface area (Å²) < 4.78 is 0. The Morgan fingerprint density at radius 2 is 1.11 bits per heavy atom. The maximum absolute atomic E-state index is 6.53. The molecule has 0 unspecified atom stereocenters. The quantitative estimate of drug-likeness (QED) is 0.278. The van der Waals surface area contributed by atoms with Crippen molar-refractivity contribution < 1.29 is 0 Å². The number of halogens is 1. The minimum Gasteiger partial charge on any atom is -0.0837 e. The lowest BCUT2D eigenvalue weighted by atomic mass is 9.92. The van der Waals surface area contributed by atoms with Crippen LogP contribution in [0.4, 0.5) is 0 Å². The van der Waals surface area contributed by atoms with Crippen LogP contribution >= 0.6 is 11.6 Å². The Morgan fingerprint density at radius 3 is 1.93 bits per heavy atom. The fraction of sp³-hybridized carbons (Fsp3) is 0. The van der Waals surface area contributed by atoms with Gasteiger partial charge in [0.05, 0.1) is 0 Å². The molecule has 27 heavy (non-hydrogen) atoms. The summed E-state index contributed by atoms with van der Waals surface area (Å²) >= 11 is 6.53. The van der Waals surface area contributed by atoms with Crippen LogP contribution in [0.5, 0.6) is 0 Å². The Bertz CT molecular complexity index is 1270. The molecule has 0 aliphatic rings. The van der Waals surface area contributed by atoms with E-state index in [2.05, 4.69) is 78.9 Å². The zero-order valence-corrected chi connectivity index (χ0v) is 15.4. The number of fused-ring (bicyclic) bond motifs is 3. The normalized spacial score (nSPS) is 11.1. The first-order chi connectivity index (χ1) is 13.3. The van der Waals surface area contributed by atoms with Crippen molar-refractivity contribution in [2.75, 3.05) is 0 Å². The Morgan fingerprint density at radius 1 is 0.444 bits per heavy atom. The minimum atomic E-state index is 0.773. The molecule has 5 aromatic rings. The van der Waals surface area contributed by atoms with Crippen LogP contribution < -0.4 is 0 Å². The summed E-state index contributed by atoms with van der Waals surface area (Å²) in [6.07, 6.45) is 0. The Labute approximate surface area is 163 Å². The third-order valence-electron chi connectivity index (χ3n) is 5.13. The van der Waals surface area contributed by atoms with Gasteiger partial charge in [-0.2, -0.15) is 0 Å². The Kier molecular flexibility index (Phi) is 3.92. The molecule has 5 aromatic carbocycles. The lowest BCUT2D eigenvalue weighted by Gasteiger charge is -2.13. The van der Waals surface area contributed by atoms with Crippen LogP contribution in [0.3, 0.4) is 0 Å². The second-order valence-corrected chi connectivity index (χ2v) is 7.16. The highest BCUT2D eigenvalue weighted by atomic mass is 35.5. The van der Waals surface area contributed by atoms with E-state index in [0.29, 0.717) is 0 Å². The molecule has 5 rings (SSSR count). The zero-order chi connectivity index (χ0) is 18.2. The SMILES string of the molecule is Clc1ccc(-c2cc3ccccc3c3ccccc23)cc1-c1ccccc1. The summed E-state index contributed by atoms with van der Waals surface area (Å²) in [5.41, 5.74) is 4.61. The van der Waals surface area contributed by atoms with Gasteiger partial charge in [-0.3, -0.25) is 0 Å². The van der Waals surface area contributed by atoms with Gasteiger partial charge < -0.3 is 0 Å². The van der Waals surface area contributed by atoms with Crippen LogP contribution in [-0.2, 0) is 0 Å². The molecule has 0 heterocycles. The molecule has 128 valence electrons. The molecule has 0 saturated carbocycles. The molecule has 0 aliphatic heterocycles. The molecule has 0 aromatic heterocycles. The van der Waals surface area contributed by atoms with Gasteiger partial charge in [0.25, 0.3) is 0 Å². The molecule has 0 nitrogen and oxygen atoms in total. The average molecular weight is 365 g/mol. The summed E-state index contributed by atoms with van der Waals surface area (Å²) in [5.74, 6) is 0. The van der Waals surface area contributed by atoms with Crippen LogP contribution in [0.2, 0.25) is 5.02 Å². The van der Waals surface area contributed by atoms with E-state index >= 15 is 0 Å². The fourth-order valence-electron chi connectivity index (χ4n) is 3.82. The van der Waals surface area contributed by atoms with E-state index < -0.39 is 0 Å². The molecule has 0 fully saturated rings. The maximum atomic E-state index is 6.53. The second kappa shape index (κ2) is 6.57. The van der Waals surface area contributed by atoms with Crippen LogP contribution in [0.1, 0.15) is 0 Å². The Balaban J connectivity index is 1.81. The topological polar surface area (TPSA) is 0 Å². The molecular formula is C26H17Cl. The largest absolute Gasteiger partial charge is 0.0837 e. The van der Waals surface area contributed by atoms with Gasteiger partial charge in [-0.1, -0.05) is 96.5 Å². The first kappa shape index (κ1) is 16.1. The van der Waals surface area contributed by atoms with Crippen molar-refractivity contribution in [1.29, 1.82) is 0 Å². The molecule has 0 aliphatic carbocycles. The van der Waals surface area contributed by atoms with Crippen LogP contribution in [0.25, 0.3) is 43.8 Å². The van der Waals surface area contributed by atoms with Gasteiger partial charge in [0.2, 0.25) is 0 Å². The van der Waals surface area contributed by atoms with Gasteiger partial charge in [0, 0.05) is 10.6 Å². The number of benzene rings is 5. The highest BCUT2D eigenvalue weighted by Gasteiger charge is 2.11. The van der Waals surface area contributed by atoms with E-state index in [0.717, 1.165) is 16.1 Å². The van der Waals surface area contributed by atoms with Gasteiger partial charge in [-0.25, -0.2) is 0 Å². The second-order valence-electron chi connectivity index (χ2n) is 6.75. The van der Waals surface area contributed by atoms with Crippen LogP contribution in [0, 0.1) is 0 Å². The lowest BCUT2D eigenvalue weighted by molar-refractivity contribution is 1.61. The molecule has 0 amide bonds. The van der Waals surface area contributed by atoms with Gasteiger partial charge in [0.1, 0.15) is 0 Å². The molecule has 0 radical (unpaired) electrons. The molecule has 0 saturated heterocycles. The van der Waals surface area contributed by atoms with Gasteiger partial charge >= 0.3 is 0 Å². The van der Waals surface area contributed by atoms with E-state index in [1.165, 1.54) is 32.7 Å². The lowest BCUT2D eigenvalue weighted by Crippen LogP contribution is -1.86. The molecule has 0 spiro atoms. The average Bonchev–Trinajstić information content (AvgIpc) is 2.74. The molecule has 1 heteroatoms. The van der Waals surface area contributed by atoms with Gasteiger partial charge in [-0.05, 0) is 56.4 Å². The first-order valence-corrected chi connectivity index (χ1v) is 9.45. The van der Waals surface area contributed by atoms with Crippen molar-refractivity contribution in [3.05, 3.63) is 108 Å². The molecule has 0 atom stereocenters.